The molecule has 2 aromatic carbocycles. The highest BCUT2D eigenvalue weighted by Gasteiger charge is 2.14. The van der Waals surface area contributed by atoms with E-state index in [1.807, 2.05) is 0 Å². The second kappa shape index (κ2) is 5.87. The van der Waals surface area contributed by atoms with E-state index in [0.29, 0.717) is 15.6 Å². The van der Waals surface area contributed by atoms with Crippen molar-refractivity contribution in [2.75, 3.05) is 0 Å². The number of hydrogen-bond donors (Lipinski definition) is 1. The normalized spacial score (nSPS) is 12.5. The monoisotopic (exact) mass is 301 g/mol. The minimum atomic E-state index is -0.553. The Bertz CT molecular complexity index is 602. The van der Waals surface area contributed by atoms with Crippen LogP contribution in [-0.4, -0.2) is 0 Å². The molecule has 0 radical (unpaired) electrons. The molecule has 0 bridgehead atoms. The van der Waals surface area contributed by atoms with Crippen molar-refractivity contribution in [3.05, 3.63) is 69.2 Å². The lowest BCUT2D eigenvalue weighted by molar-refractivity contribution is 0.573. The van der Waals surface area contributed by atoms with Crippen LogP contribution in [0.25, 0.3) is 0 Å². The fourth-order valence-corrected chi connectivity index (χ4v) is 2.28. The summed E-state index contributed by atoms with van der Waals surface area (Å²) < 4.78 is 26.6. The molecule has 19 heavy (non-hydrogen) atoms. The predicted octanol–water partition coefficient (Wildman–Crippen LogP) is 4.51. The average Bonchev–Trinajstić information content (AvgIpc) is 2.36. The maximum absolute atomic E-state index is 13.5. The van der Waals surface area contributed by atoms with E-state index in [9.17, 15) is 8.78 Å². The van der Waals surface area contributed by atoms with Crippen molar-refractivity contribution in [1.29, 1.82) is 0 Å². The molecule has 100 valence electrons. The van der Waals surface area contributed by atoms with Crippen LogP contribution in [0.3, 0.4) is 0 Å². The van der Waals surface area contributed by atoms with Gasteiger partial charge < -0.3 is 5.73 Å². The summed E-state index contributed by atoms with van der Waals surface area (Å²) in [6.45, 7) is 0. The van der Waals surface area contributed by atoms with Gasteiger partial charge in [0, 0.05) is 16.1 Å². The van der Waals surface area contributed by atoms with Crippen molar-refractivity contribution in [3.63, 3.8) is 0 Å². The minimum absolute atomic E-state index is 0.143. The molecule has 0 fully saturated rings. The van der Waals surface area contributed by atoms with Crippen LogP contribution >= 0.6 is 23.2 Å². The smallest absolute Gasteiger partial charge is 0.126 e. The summed E-state index contributed by atoms with van der Waals surface area (Å²) in [5, 5.41) is 0.947. The Kier molecular flexibility index (Phi) is 4.40. The number of rotatable bonds is 3. The van der Waals surface area contributed by atoms with Crippen molar-refractivity contribution >= 4 is 23.2 Å². The van der Waals surface area contributed by atoms with E-state index < -0.39 is 17.7 Å². The van der Waals surface area contributed by atoms with E-state index in [-0.39, 0.29) is 12.0 Å². The zero-order valence-electron chi connectivity index (χ0n) is 9.84. The van der Waals surface area contributed by atoms with Crippen molar-refractivity contribution in [2.45, 2.75) is 12.5 Å². The lowest BCUT2D eigenvalue weighted by Gasteiger charge is -2.14. The molecule has 1 nitrogen and oxygen atoms in total. The first-order chi connectivity index (χ1) is 8.97. The van der Waals surface area contributed by atoms with Gasteiger partial charge in [-0.2, -0.15) is 0 Å². The van der Waals surface area contributed by atoms with E-state index in [0.717, 1.165) is 18.2 Å². The quantitative estimate of drug-likeness (QED) is 0.886. The third-order valence-corrected chi connectivity index (χ3v) is 3.38. The van der Waals surface area contributed by atoms with Crippen molar-refractivity contribution in [3.8, 4) is 0 Å². The number of benzene rings is 2. The standard InChI is InChI=1S/C14H11Cl2F2N/c15-9-1-3-12(16)11(7-9)14(19)6-8-5-10(17)2-4-13(8)18/h1-5,7,14H,6,19H2. The maximum atomic E-state index is 13.5. The summed E-state index contributed by atoms with van der Waals surface area (Å²) in [6.07, 6.45) is 0.143. The van der Waals surface area contributed by atoms with Gasteiger partial charge in [-0.1, -0.05) is 23.2 Å². The van der Waals surface area contributed by atoms with Gasteiger partial charge >= 0.3 is 0 Å². The molecule has 0 amide bonds. The molecular weight excluding hydrogens is 291 g/mol. The second-order valence-corrected chi connectivity index (χ2v) is 5.06. The van der Waals surface area contributed by atoms with Crippen molar-refractivity contribution in [1.82, 2.24) is 0 Å². The third-order valence-electron chi connectivity index (χ3n) is 2.81. The van der Waals surface area contributed by atoms with Gasteiger partial charge in [-0.25, -0.2) is 8.78 Å². The largest absolute Gasteiger partial charge is 0.324 e. The molecule has 0 saturated heterocycles. The van der Waals surface area contributed by atoms with Gasteiger partial charge in [0.15, 0.2) is 0 Å². The lowest BCUT2D eigenvalue weighted by atomic mass is 9.99. The van der Waals surface area contributed by atoms with Crippen LogP contribution in [0.2, 0.25) is 10.0 Å². The highest BCUT2D eigenvalue weighted by Crippen LogP contribution is 2.27. The Hall–Kier alpha value is -1.16. The van der Waals surface area contributed by atoms with Gasteiger partial charge in [-0.3, -0.25) is 0 Å². The molecule has 5 heteroatoms. The molecule has 0 spiro atoms. The molecule has 2 aromatic rings. The molecule has 1 unspecified atom stereocenters. The van der Waals surface area contributed by atoms with Gasteiger partial charge in [-0.15, -0.1) is 0 Å². The van der Waals surface area contributed by atoms with Crippen LogP contribution in [0.4, 0.5) is 8.78 Å². The van der Waals surface area contributed by atoms with E-state index >= 15 is 0 Å². The Morgan fingerprint density at radius 2 is 1.79 bits per heavy atom. The summed E-state index contributed by atoms with van der Waals surface area (Å²) in [7, 11) is 0. The summed E-state index contributed by atoms with van der Waals surface area (Å²) in [5.41, 5.74) is 6.80. The summed E-state index contributed by atoms with van der Waals surface area (Å²) in [4.78, 5) is 0. The van der Waals surface area contributed by atoms with Gasteiger partial charge in [0.25, 0.3) is 0 Å². The molecule has 0 aliphatic carbocycles. The zero-order valence-corrected chi connectivity index (χ0v) is 11.3. The highest BCUT2D eigenvalue weighted by atomic mass is 35.5. The van der Waals surface area contributed by atoms with Crippen molar-refractivity contribution < 1.29 is 8.78 Å². The number of halogens is 4. The SMILES string of the molecule is NC(Cc1cc(F)ccc1F)c1cc(Cl)ccc1Cl. The van der Waals surface area contributed by atoms with Crippen LogP contribution in [-0.2, 0) is 6.42 Å². The molecule has 0 aliphatic rings. The van der Waals surface area contributed by atoms with Crippen LogP contribution in [0.1, 0.15) is 17.2 Å². The van der Waals surface area contributed by atoms with E-state index in [2.05, 4.69) is 0 Å². The summed E-state index contributed by atoms with van der Waals surface area (Å²) in [5.74, 6) is -0.990. The fraction of sp³-hybridized carbons (Fsp3) is 0.143. The molecule has 2 N–H and O–H groups in total. The maximum Gasteiger partial charge on any atom is 0.126 e. The van der Waals surface area contributed by atoms with E-state index in [4.69, 9.17) is 28.9 Å². The van der Waals surface area contributed by atoms with Crippen LogP contribution in [0, 0.1) is 11.6 Å². The van der Waals surface area contributed by atoms with Gasteiger partial charge in [-0.05, 0) is 53.9 Å². The van der Waals surface area contributed by atoms with Gasteiger partial charge in [0.1, 0.15) is 11.6 Å². The zero-order chi connectivity index (χ0) is 14.0. The number of nitrogens with two attached hydrogens (primary N) is 1. The van der Waals surface area contributed by atoms with Crippen LogP contribution in [0.15, 0.2) is 36.4 Å². The second-order valence-electron chi connectivity index (χ2n) is 4.21. The summed E-state index contributed by atoms with van der Waals surface area (Å²) in [6, 6.07) is 7.62. The topological polar surface area (TPSA) is 26.0 Å². The van der Waals surface area contributed by atoms with Crippen LogP contribution < -0.4 is 5.73 Å². The first kappa shape index (κ1) is 14.3. The van der Waals surface area contributed by atoms with Crippen molar-refractivity contribution in [2.24, 2.45) is 5.73 Å². The van der Waals surface area contributed by atoms with Gasteiger partial charge in [0.2, 0.25) is 0 Å². The molecule has 0 saturated carbocycles. The molecule has 0 heterocycles. The predicted molar refractivity (Wildman–Crippen MR) is 73.5 cm³/mol. The first-order valence-corrected chi connectivity index (χ1v) is 6.37. The van der Waals surface area contributed by atoms with E-state index in [1.54, 1.807) is 18.2 Å². The lowest BCUT2D eigenvalue weighted by Crippen LogP contribution is -2.15. The molecule has 0 aliphatic heterocycles. The third kappa shape index (κ3) is 3.44. The number of hydrogen-bond acceptors (Lipinski definition) is 1. The minimum Gasteiger partial charge on any atom is -0.324 e. The fourth-order valence-electron chi connectivity index (χ4n) is 1.85. The molecule has 1 atom stereocenters. The van der Waals surface area contributed by atoms with E-state index in [1.165, 1.54) is 0 Å². The Balaban J connectivity index is 2.27. The molecule has 0 aromatic heterocycles. The van der Waals surface area contributed by atoms with Gasteiger partial charge in [0.05, 0.1) is 0 Å². The Morgan fingerprint density at radius 3 is 2.53 bits per heavy atom. The molecular formula is C14H11Cl2F2N. The first-order valence-electron chi connectivity index (χ1n) is 5.62. The highest BCUT2D eigenvalue weighted by molar-refractivity contribution is 6.33. The van der Waals surface area contributed by atoms with Crippen LogP contribution in [0.5, 0.6) is 0 Å². The Morgan fingerprint density at radius 1 is 1.05 bits per heavy atom. The summed E-state index contributed by atoms with van der Waals surface area (Å²) >= 11 is 11.9. The molecule has 2 rings (SSSR count). The average molecular weight is 302 g/mol. The Labute approximate surface area is 119 Å².